The molecule has 0 heterocycles. The number of carboxylic acid groups (broad SMARTS) is 1. The number of nitrogens with two attached hydrogens (primary N) is 1. The SMILES string of the molecule is COC(=O)[C@H](CSSCC(N)C(=O)O)N(CCc1ccc2c(c1)Cc1ccccc1-2)CCc1ccc2c(c1)Cc1ccccc1-2. The van der Waals surface area contributed by atoms with Crippen LogP contribution in [0, 0.1) is 0 Å². The van der Waals surface area contributed by atoms with E-state index in [9.17, 15) is 9.59 Å². The molecular weight excluding hydrogens is 601 g/mol. The Morgan fingerprint density at radius 3 is 1.76 bits per heavy atom. The Morgan fingerprint density at radius 2 is 1.24 bits per heavy atom. The van der Waals surface area contributed by atoms with Gasteiger partial charge in [0.15, 0.2) is 0 Å². The summed E-state index contributed by atoms with van der Waals surface area (Å²) in [6.07, 6.45) is 3.50. The predicted octanol–water partition coefficient (Wildman–Crippen LogP) is 6.25. The molecule has 0 radical (unpaired) electrons. The van der Waals surface area contributed by atoms with Gasteiger partial charge in [0, 0.05) is 24.6 Å². The topological polar surface area (TPSA) is 92.9 Å². The van der Waals surface area contributed by atoms with Crippen LogP contribution in [-0.2, 0) is 40.0 Å². The lowest BCUT2D eigenvalue weighted by molar-refractivity contribution is -0.146. The summed E-state index contributed by atoms with van der Waals surface area (Å²) in [6.45, 7) is 1.39. The van der Waals surface area contributed by atoms with E-state index in [0.29, 0.717) is 18.8 Å². The molecule has 45 heavy (non-hydrogen) atoms. The van der Waals surface area contributed by atoms with Crippen LogP contribution in [-0.4, -0.2) is 65.7 Å². The van der Waals surface area contributed by atoms with Gasteiger partial charge in [-0.2, -0.15) is 0 Å². The molecule has 232 valence electrons. The molecule has 0 spiro atoms. The first-order chi connectivity index (χ1) is 21.9. The van der Waals surface area contributed by atoms with E-state index in [1.165, 1.54) is 84.3 Å². The summed E-state index contributed by atoms with van der Waals surface area (Å²) < 4.78 is 5.28. The predicted molar refractivity (Wildman–Crippen MR) is 185 cm³/mol. The summed E-state index contributed by atoms with van der Waals surface area (Å²) in [5, 5.41) is 9.15. The molecule has 4 aromatic rings. The summed E-state index contributed by atoms with van der Waals surface area (Å²) >= 11 is 0. The van der Waals surface area contributed by atoms with Crippen LogP contribution in [0.5, 0.6) is 0 Å². The third kappa shape index (κ3) is 7.15. The van der Waals surface area contributed by atoms with Crippen LogP contribution in [0.2, 0.25) is 0 Å². The first-order valence-electron chi connectivity index (χ1n) is 15.4. The number of nitrogens with zero attached hydrogens (tertiary/aromatic N) is 1. The lowest BCUT2D eigenvalue weighted by atomic mass is 10.0. The highest BCUT2D eigenvalue weighted by Crippen LogP contribution is 2.38. The van der Waals surface area contributed by atoms with Crippen LogP contribution >= 0.6 is 21.6 Å². The molecule has 0 aromatic heterocycles. The van der Waals surface area contributed by atoms with Gasteiger partial charge in [-0.05, 0) is 81.3 Å². The molecule has 0 aliphatic heterocycles. The van der Waals surface area contributed by atoms with Crippen molar-refractivity contribution in [3.8, 4) is 22.3 Å². The Labute approximate surface area is 272 Å². The number of carboxylic acids is 1. The fraction of sp³-hybridized carbons (Fsp3) is 0.297. The minimum atomic E-state index is -1.02. The van der Waals surface area contributed by atoms with Crippen molar-refractivity contribution >= 4 is 33.5 Å². The van der Waals surface area contributed by atoms with Crippen molar-refractivity contribution in [3.63, 3.8) is 0 Å². The number of carbonyl (C=O) groups is 2. The van der Waals surface area contributed by atoms with Crippen molar-refractivity contribution in [2.75, 3.05) is 31.7 Å². The zero-order chi connectivity index (χ0) is 31.3. The molecule has 2 atom stereocenters. The summed E-state index contributed by atoms with van der Waals surface area (Å²) in [4.78, 5) is 26.6. The van der Waals surface area contributed by atoms with Gasteiger partial charge in [0.05, 0.1) is 7.11 Å². The fourth-order valence-electron chi connectivity index (χ4n) is 6.44. The number of rotatable bonds is 14. The van der Waals surface area contributed by atoms with E-state index in [2.05, 4.69) is 89.8 Å². The largest absolute Gasteiger partial charge is 0.480 e. The van der Waals surface area contributed by atoms with Gasteiger partial charge in [0.1, 0.15) is 12.1 Å². The second-order valence-corrected chi connectivity index (χ2v) is 14.3. The second-order valence-electron chi connectivity index (χ2n) is 11.7. The van der Waals surface area contributed by atoms with Gasteiger partial charge >= 0.3 is 11.9 Å². The molecule has 1 unspecified atom stereocenters. The highest BCUT2D eigenvalue weighted by Gasteiger charge is 2.28. The zero-order valence-corrected chi connectivity index (χ0v) is 27.0. The number of ether oxygens (including phenoxy) is 1. The first kappa shape index (κ1) is 31.4. The van der Waals surface area contributed by atoms with E-state index in [-0.39, 0.29) is 11.7 Å². The number of hydrogen-bond acceptors (Lipinski definition) is 7. The Morgan fingerprint density at radius 1 is 0.756 bits per heavy atom. The van der Waals surface area contributed by atoms with Crippen LogP contribution < -0.4 is 5.73 Å². The summed E-state index contributed by atoms with van der Waals surface area (Å²) in [7, 11) is 4.29. The lowest BCUT2D eigenvalue weighted by Gasteiger charge is -2.30. The number of hydrogen-bond donors (Lipinski definition) is 2. The van der Waals surface area contributed by atoms with Gasteiger partial charge in [-0.25, -0.2) is 0 Å². The van der Waals surface area contributed by atoms with E-state index < -0.39 is 18.1 Å². The van der Waals surface area contributed by atoms with Crippen molar-refractivity contribution < 1.29 is 19.4 Å². The summed E-state index contributed by atoms with van der Waals surface area (Å²) in [6, 6.07) is 29.3. The third-order valence-corrected chi connectivity index (χ3v) is 11.3. The summed E-state index contributed by atoms with van der Waals surface area (Å²) in [5.41, 5.74) is 18.9. The molecule has 6 rings (SSSR count). The molecule has 8 heteroatoms. The second kappa shape index (κ2) is 14.3. The van der Waals surface area contributed by atoms with Gasteiger partial charge in [-0.1, -0.05) is 107 Å². The smallest absolute Gasteiger partial charge is 0.323 e. The van der Waals surface area contributed by atoms with E-state index in [4.69, 9.17) is 15.6 Å². The molecule has 0 saturated heterocycles. The van der Waals surface area contributed by atoms with Crippen LogP contribution in [0.3, 0.4) is 0 Å². The molecule has 2 aliphatic rings. The third-order valence-electron chi connectivity index (χ3n) is 8.88. The average molecular weight is 639 g/mol. The van der Waals surface area contributed by atoms with E-state index in [1.807, 2.05) is 0 Å². The van der Waals surface area contributed by atoms with Crippen molar-refractivity contribution in [2.24, 2.45) is 5.73 Å². The Hall–Kier alpha value is -3.56. The van der Waals surface area contributed by atoms with Crippen LogP contribution in [0.15, 0.2) is 84.9 Å². The van der Waals surface area contributed by atoms with Crippen LogP contribution in [0.25, 0.3) is 22.3 Å². The lowest BCUT2D eigenvalue weighted by Crippen LogP contribution is -2.45. The molecule has 4 aromatic carbocycles. The van der Waals surface area contributed by atoms with Gasteiger partial charge in [-0.3, -0.25) is 14.5 Å². The van der Waals surface area contributed by atoms with Gasteiger partial charge in [-0.15, -0.1) is 0 Å². The van der Waals surface area contributed by atoms with Gasteiger partial charge in [0.25, 0.3) is 0 Å². The van der Waals surface area contributed by atoms with Crippen molar-refractivity contribution in [2.45, 2.75) is 37.8 Å². The van der Waals surface area contributed by atoms with Crippen LogP contribution in [0.4, 0.5) is 0 Å². The van der Waals surface area contributed by atoms with E-state index in [1.54, 1.807) is 0 Å². The number of benzene rings is 4. The molecule has 0 saturated carbocycles. The number of methoxy groups -OCH3 is 1. The first-order valence-corrected chi connectivity index (χ1v) is 17.8. The van der Waals surface area contributed by atoms with Crippen molar-refractivity contribution in [1.82, 2.24) is 4.90 Å². The Kier molecular flexibility index (Phi) is 9.95. The molecular formula is C37H38N2O4S2. The number of esters is 1. The van der Waals surface area contributed by atoms with Crippen molar-refractivity contribution in [3.05, 3.63) is 118 Å². The standard InChI is InChI=1S/C37H38N2O4S2/c1-43-37(42)35(23-45-44-22-34(38)36(40)41)39(16-14-24-10-12-32-28(18-24)20-26-6-2-4-8-30(26)32)17-15-25-11-13-33-29(19-25)21-27-7-3-5-9-31(27)33/h2-13,18-19,34-35H,14-17,20-23,38H2,1H3,(H,40,41)/t34?,35-/m0/s1. The van der Waals surface area contributed by atoms with E-state index in [0.717, 1.165) is 25.7 Å². The van der Waals surface area contributed by atoms with Gasteiger partial charge < -0.3 is 15.6 Å². The maximum atomic E-state index is 13.2. The fourth-order valence-corrected chi connectivity index (χ4v) is 8.80. The number of carbonyl (C=O) groups excluding carboxylic acids is 1. The number of aliphatic carboxylic acids is 1. The zero-order valence-electron chi connectivity index (χ0n) is 25.4. The summed E-state index contributed by atoms with van der Waals surface area (Å²) in [5.74, 6) is -0.561. The number of fused-ring (bicyclic) bond motifs is 6. The molecule has 3 N–H and O–H groups in total. The normalized spacial score (nSPS) is 13.9. The minimum Gasteiger partial charge on any atom is -0.480 e. The molecule has 0 amide bonds. The molecule has 6 nitrogen and oxygen atoms in total. The van der Waals surface area contributed by atoms with Crippen molar-refractivity contribution in [1.29, 1.82) is 0 Å². The maximum absolute atomic E-state index is 13.2. The Bertz CT molecular complexity index is 1610. The quantitative estimate of drug-likeness (QED) is 0.0822. The molecule has 0 bridgehead atoms. The molecule has 2 aliphatic carbocycles. The van der Waals surface area contributed by atoms with Gasteiger partial charge in [0.2, 0.25) is 0 Å². The van der Waals surface area contributed by atoms with E-state index >= 15 is 0 Å². The van der Waals surface area contributed by atoms with Crippen LogP contribution in [0.1, 0.15) is 33.4 Å². The monoisotopic (exact) mass is 638 g/mol. The Balaban J connectivity index is 1.17. The minimum absolute atomic E-state index is 0.267. The maximum Gasteiger partial charge on any atom is 0.323 e. The average Bonchev–Trinajstić information content (AvgIpc) is 3.62. The highest BCUT2D eigenvalue weighted by atomic mass is 33.1. The molecule has 0 fully saturated rings. The highest BCUT2D eigenvalue weighted by molar-refractivity contribution is 8.76.